The Kier molecular flexibility index (Phi) is 4.78. The van der Waals surface area contributed by atoms with Gasteiger partial charge in [0.15, 0.2) is 0 Å². The quantitative estimate of drug-likeness (QED) is 0.884. The van der Waals surface area contributed by atoms with Gasteiger partial charge in [-0.15, -0.1) is 0 Å². The third-order valence-corrected chi connectivity index (χ3v) is 4.22. The summed E-state index contributed by atoms with van der Waals surface area (Å²) in [6, 6.07) is 10.3. The van der Waals surface area contributed by atoms with Crippen molar-refractivity contribution in [2.24, 2.45) is 5.73 Å². The molecule has 0 spiro atoms. The van der Waals surface area contributed by atoms with E-state index in [1.54, 1.807) is 17.0 Å². The molecule has 0 bridgehead atoms. The number of halogens is 1. The number of primary amides is 1. The number of nitrogens with two attached hydrogens (primary N) is 1. The Balaban J connectivity index is 1.73. The molecule has 24 heavy (non-hydrogen) atoms. The molecule has 0 saturated heterocycles. The first kappa shape index (κ1) is 16.4. The van der Waals surface area contributed by atoms with E-state index in [0.717, 1.165) is 17.5 Å². The molecule has 124 valence electrons. The van der Waals surface area contributed by atoms with Gasteiger partial charge in [0.05, 0.1) is 11.6 Å². The van der Waals surface area contributed by atoms with Crippen molar-refractivity contribution in [1.82, 2.24) is 9.88 Å². The van der Waals surface area contributed by atoms with E-state index < -0.39 is 11.9 Å². The van der Waals surface area contributed by atoms with Gasteiger partial charge in [0, 0.05) is 12.7 Å². The van der Waals surface area contributed by atoms with Gasteiger partial charge < -0.3 is 11.1 Å². The first-order valence-corrected chi connectivity index (χ1v) is 7.95. The van der Waals surface area contributed by atoms with E-state index in [1.807, 2.05) is 24.3 Å². The van der Waals surface area contributed by atoms with Gasteiger partial charge in [-0.3, -0.25) is 14.5 Å². The average molecular weight is 345 g/mol. The number of nitrogens with zero attached hydrogens (tertiary/aromatic N) is 2. The SMILES string of the molecule is NC(=O)C1c2ccccc2CCN1CC(=O)Nc1ccc(Cl)cn1. The number of carbonyl (C=O) groups excluding carboxylic acids is 2. The fourth-order valence-electron chi connectivity index (χ4n) is 2.94. The van der Waals surface area contributed by atoms with Crippen LogP contribution in [0.4, 0.5) is 5.82 Å². The Morgan fingerprint density at radius 3 is 2.79 bits per heavy atom. The van der Waals surface area contributed by atoms with Crippen LogP contribution < -0.4 is 11.1 Å². The van der Waals surface area contributed by atoms with E-state index in [0.29, 0.717) is 17.4 Å². The third-order valence-electron chi connectivity index (χ3n) is 3.99. The minimum absolute atomic E-state index is 0.0618. The van der Waals surface area contributed by atoms with Gasteiger partial charge in [-0.1, -0.05) is 35.9 Å². The zero-order chi connectivity index (χ0) is 17.1. The van der Waals surface area contributed by atoms with Gasteiger partial charge in [0.1, 0.15) is 11.9 Å². The van der Waals surface area contributed by atoms with Crippen LogP contribution >= 0.6 is 11.6 Å². The lowest BCUT2D eigenvalue weighted by Crippen LogP contribution is -2.45. The molecule has 2 heterocycles. The Labute approximate surface area is 144 Å². The van der Waals surface area contributed by atoms with Crippen molar-refractivity contribution in [3.63, 3.8) is 0 Å². The molecule has 6 nitrogen and oxygen atoms in total. The van der Waals surface area contributed by atoms with Crippen LogP contribution in [0.25, 0.3) is 0 Å². The summed E-state index contributed by atoms with van der Waals surface area (Å²) >= 11 is 5.77. The van der Waals surface area contributed by atoms with Gasteiger partial charge in [0.2, 0.25) is 11.8 Å². The van der Waals surface area contributed by atoms with Gasteiger partial charge in [0.25, 0.3) is 0 Å². The second-order valence-corrected chi connectivity index (χ2v) is 6.07. The number of aromatic nitrogens is 1. The van der Waals surface area contributed by atoms with Crippen molar-refractivity contribution in [2.45, 2.75) is 12.5 Å². The Bertz CT molecular complexity index is 763. The number of hydrogen-bond donors (Lipinski definition) is 2. The average Bonchev–Trinajstić information content (AvgIpc) is 2.56. The molecule has 3 rings (SSSR count). The summed E-state index contributed by atoms with van der Waals surface area (Å²) in [6.07, 6.45) is 2.23. The molecule has 1 atom stereocenters. The number of benzene rings is 1. The highest BCUT2D eigenvalue weighted by Crippen LogP contribution is 2.29. The molecule has 0 saturated carbocycles. The van der Waals surface area contributed by atoms with Crippen LogP contribution in [0.3, 0.4) is 0 Å². The van der Waals surface area contributed by atoms with Crippen molar-refractivity contribution < 1.29 is 9.59 Å². The topological polar surface area (TPSA) is 88.3 Å². The fraction of sp³-hybridized carbons (Fsp3) is 0.235. The van der Waals surface area contributed by atoms with Crippen LogP contribution in [0.2, 0.25) is 5.02 Å². The lowest BCUT2D eigenvalue weighted by molar-refractivity contribution is -0.125. The van der Waals surface area contributed by atoms with E-state index in [1.165, 1.54) is 6.20 Å². The standard InChI is InChI=1S/C17H17ClN4O2/c18-12-5-6-14(20-9-12)21-15(23)10-22-8-7-11-3-1-2-4-13(11)16(22)17(19)24/h1-6,9,16H,7-8,10H2,(H2,19,24)(H,20,21,23). The second-order valence-electron chi connectivity index (χ2n) is 5.63. The highest BCUT2D eigenvalue weighted by atomic mass is 35.5. The van der Waals surface area contributed by atoms with Crippen molar-refractivity contribution in [3.8, 4) is 0 Å². The van der Waals surface area contributed by atoms with Gasteiger partial charge in [-0.05, 0) is 29.7 Å². The molecule has 2 amide bonds. The van der Waals surface area contributed by atoms with Crippen LogP contribution in [0.1, 0.15) is 17.2 Å². The number of amides is 2. The van der Waals surface area contributed by atoms with E-state index in [9.17, 15) is 9.59 Å². The van der Waals surface area contributed by atoms with Crippen molar-refractivity contribution in [3.05, 3.63) is 58.7 Å². The number of hydrogen-bond acceptors (Lipinski definition) is 4. The lowest BCUT2D eigenvalue weighted by atomic mass is 9.92. The molecule has 3 N–H and O–H groups in total. The van der Waals surface area contributed by atoms with Crippen LogP contribution in [0.5, 0.6) is 0 Å². The molecule has 0 fully saturated rings. The minimum Gasteiger partial charge on any atom is -0.368 e. The van der Waals surface area contributed by atoms with Gasteiger partial charge in [-0.25, -0.2) is 4.98 Å². The summed E-state index contributed by atoms with van der Waals surface area (Å²) in [5, 5.41) is 3.19. The number of carbonyl (C=O) groups is 2. The van der Waals surface area contributed by atoms with E-state index in [2.05, 4.69) is 10.3 Å². The Morgan fingerprint density at radius 2 is 2.08 bits per heavy atom. The number of anilines is 1. The maximum Gasteiger partial charge on any atom is 0.239 e. The maximum atomic E-state index is 12.3. The van der Waals surface area contributed by atoms with Crippen LogP contribution in [-0.4, -0.2) is 34.8 Å². The van der Waals surface area contributed by atoms with Crippen molar-refractivity contribution in [1.29, 1.82) is 0 Å². The highest BCUT2D eigenvalue weighted by Gasteiger charge is 2.32. The lowest BCUT2D eigenvalue weighted by Gasteiger charge is -2.34. The summed E-state index contributed by atoms with van der Waals surface area (Å²) < 4.78 is 0. The molecule has 0 radical (unpaired) electrons. The molecule has 1 unspecified atom stereocenters. The molecular weight excluding hydrogens is 328 g/mol. The second kappa shape index (κ2) is 6.98. The molecule has 1 aromatic heterocycles. The largest absolute Gasteiger partial charge is 0.368 e. The first-order valence-electron chi connectivity index (χ1n) is 7.57. The molecule has 0 aliphatic carbocycles. The minimum atomic E-state index is -0.598. The number of rotatable bonds is 4. The fourth-order valence-corrected chi connectivity index (χ4v) is 3.05. The number of fused-ring (bicyclic) bond motifs is 1. The summed E-state index contributed by atoms with van der Waals surface area (Å²) in [5.41, 5.74) is 7.54. The van der Waals surface area contributed by atoms with Crippen LogP contribution in [0.15, 0.2) is 42.6 Å². The van der Waals surface area contributed by atoms with Gasteiger partial charge in [-0.2, -0.15) is 0 Å². The van der Waals surface area contributed by atoms with E-state index in [4.69, 9.17) is 17.3 Å². The molecule has 1 aliphatic rings. The normalized spacial score (nSPS) is 17.1. The summed E-state index contributed by atoms with van der Waals surface area (Å²) in [6.45, 7) is 0.651. The zero-order valence-corrected chi connectivity index (χ0v) is 13.7. The molecule has 1 aromatic carbocycles. The Hall–Kier alpha value is -2.44. The molecule has 2 aromatic rings. The molecule has 7 heteroatoms. The Morgan fingerprint density at radius 1 is 1.29 bits per heavy atom. The zero-order valence-electron chi connectivity index (χ0n) is 12.9. The van der Waals surface area contributed by atoms with E-state index in [-0.39, 0.29) is 12.5 Å². The predicted octanol–water partition coefficient (Wildman–Crippen LogP) is 1.76. The summed E-state index contributed by atoms with van der Waals surface area (Å²) in [5.74, 6) is -0.299. The molecular formula is C17H17ClN4O2. The highest BCUT2D eigenvalue weighted by molar-refractivity contribution is 6.30. The summed E-state index contributed by atoms with van der Waals surface area (Å²) in [4.78, 5) is 30.0. The molecule has 1 aliphatic heterocycles. The van der Waals surface area contributed by atoms with Crippen LogP contribution in [0, 0.1) is 0 Å². The first-order chi connectivity index (χ1) is 11.5. The van der Waals surface area contributed by atoms with Crippen LogP contribution in [-0.2, 0) is 16.0 Å². The van der Waals surface area contributed by atoms with Crippen molar-refractivity contribution in [2.75, 3.05) is 18.4 Å². The smallest absolute Gasteiger partial charge is 0.239 e. The predicted molar refractivity (Wildman–Crippen MR) is 91.5 cm³/mol. The number of pyridine rings is 1. The monoisotopic (exact) mass is 344 g/mol. The van der Waals surface area contributed by atoms with E-state index >= 15 is 0 Å². The third kappa shape index (κ3) is 3.55. The van der Waals surface area contributed by atoms with Gasteiger partial charge >= 0.3 is 0 Å². The maximum absolute atomic E-state index is 12.3. The summed E-state index contributed by atoms with van der Waals surface area (Å²) in [7, 11) is 0. The number of nitrogens with one attached hydrogen (secondary N) is 1. The van der Waals surface area contributed by atoms with Crippen molar-refractivity contribution >= 4 is 29.2 Å².